The second-order valence-electron chi connectivity index (χ2n) is 12.8. The van der Waals surface area contributed by atoms with Gasteiger partial charge < -0.3 is 0 Å². The van der Waals surface area contributed by atoms with Crippen LogP contribution in [0.3, 0.4) is 0 Å². The molecule has 236 valence electrons. The molecule has 6 rings (SSSR count). The molecule has 6 nitrogen and oxygen atoms in total. The molecule has 0 aliphatic rings. The van der Waals surface area contributed by atoms with Gasteiger partial charge in [-0.1, -0.05) is 85.4 Å². The van der Waals surface area contributed by atoms with E-state index in [-0.39, 0.29) is 0 Å². The first-order valence-corrected chi connectivity index (χ1v) is 23.0. The number of halogens is 1. The first-order chi connectivity index (χ1) is 22.4. The van der Waals surface area contributed by atoms with Crippen LogP contribution in [0.5, 0.6) is 0 Å². The summed E-state index contributed by atoms with van der Waals surface area (Å²) in [5.41, 5.74) is 15.8. The Kier molecular flexibility index (Phi) is 12.0. The van der Waals surface area contributed by atoms with Crippen molar-refractivity contribution in [1.82, 2.24) is 30.4 Å². The monoisotopic (exact) mass is 714 g/mol. The van der Waals surface area contributed by atoms with Crippen LogP contribution in [-0.4, -0.2) is 46.5 Å². The van der Waals surface area contributed by atoms with Crippen molar-refractivity contribution in [3.8, 4) is 68.2 Å². The summed E-state index contributed by atoms with van der Waals surface area (Å²) in [7, 11) is -2.45. The maximum Gasteiger partial charge on any atom is 0.129 e. The topological polar surface area (TPSA) is 83.1 Å². The highest BCUT2D eigenvalue weighted by molar-refractivity contribution is 9.10. The summed E-state index contributed by atoms with van der Waals surface area (Å²) >= 11 is 3.44. The SMILES string of the molecule is Brc1ccc(-c2[nH]ncc2-c2ccncc2)cc1.C#C[Si](C)(C)C.C[Si](C)(C)C#Cc1ccc(-c2[nH]ncc2-c2ccncc2)cc1. The number of nitrogens with zero attached hydrogens (tertiary/aromatic N) is 4. The quantitative estimate of drug-likeness (QED) is 0.141. The number of pyridine rings is 2. The molecule has 0 saturated carbocycles. The molecule has 9 heteroatoms. The minimum atomic E-state index is -1.34. The number of rotatable bonds is 4. The Morgan fingerprint density at radius 3 is 1.36 bits per heavy atom. The first-order valence-electron chi connectivity index (χ1n) is 15.2. The molecule has 0 radical (unpaired) electrons. The number of hydrogen-bond donors (Lipinski definition) is 2. The van der Waals surface area contributed by atoms with Crippen LogP contribution in [0.1, 0.15) is 5.56 Å². The van der Waals surface area contributed by atoms with E-state index >= 15 is 0 Å². The summed E-state index contributed by atoms with van der Waals surface area (Å²) in [5, 5.41) is 14.5. The average Bonchev–Trinajstić information content (AvgIpc) is 3.76. The van der Waals surface area contributed by atoms with Gasteiger partial charge in [-0.3, -0.25) is 20.2 Å². The zero-order valence-electron chi connectivity index (χ0n) is 27.6. The van der Waals surface area contributed by atoms with Gasteiger partial charge in [0.1, 0.15) is 16.1 Å². The van der Waals surface area contributed by atoms with Crippen LogP contribution in [0.2, 0.25) is 39.3 Å². The number of terminal acetylenes is 1. The Hall–Kier alpha value is -4.81. The molecule has 6 aromatic rings. The number of H-pyrrole nitrogens is 2. The molecule has 0 aliphatic carbocycles. The minimum absolute atomic E-state index is 1.01. The zero-order valence-corrected chi connectivity index (χ0v) is 31.2. The van der Waals surface area contributed by atoms with Crippen LogP contribution < -0.4 is 0 Å². The van der Waals surface area contributed by atoms with E-state index in [1.165, 1.54) is 0 Å². The van der Waals surface area contributed by atoms with Gasteiger partial charge in [-0.25, -0.2) is 0 Å². The van der Waals surface area contributed by atoms with Gasteiger partial charge in [-0.05, 0) is 59.7 Å². The minimum Gasteiger partial charge on any atom is -0.277 e. The van der Waals surface area contributed by atoms with Crippen molar-refractivity contribution < 1.29 is 0 Å². The maximum absolute atomic E-state index is 5.12. The van der Waals surface area contributed by atoms with E-state index in [2.05, 4.69) is 139 Å². The Balaban J connectivity index is 0.000000185. The fourth-order valence-electron chi connectivity index (χ4n) is 4.11. The molecule has 0 atom stereocenters. The Morgan fingerprint density at radius 2 is 0.979 bits per heavy atom. The first kappa shape index (κ1) is 35.1. The molecule has 2 aromatic carbocycles. The van der Waals surface area contributed by atoms with Crippen molar-refractivity contribution in [2.24, 2.45) is 0 Å². The third-order valence-electron chi connectivity index (χ3n) is 6.58. The highest BCUT2D eigenvalue weighted by Gasteiger charge is 2.11. The van der Waals surface area contributed by atoms with Crippen molar-refractivity contribution >= 4 is 32.1 Å². The fraction of sp³-hybridized carbons (Fsp3) is 0.158. The number of aromatic amines is 2. The highest BCUT2D eigenvalue weighted by Crippen LogP contribution is 2.31. The van der Waals surface area contributed by atoms with Gasteiger partial charge in [-0.15, -0.1) is 17.5 Å². The molecule has 0 fully saturated rings. The van der Waals surface area contributed by atoms with E-state index in [1.54, 1.807) is 24.8 Å². The largest absolute Gasteiger partial charge is 0.277 e. The summed E-state index contributed by atoms with van der Waals surface area (Å²) in [6.45, 7) is 13.2. The lowest BCUT2D eigenvalue weighted by Gasteiger charge is -2.05. The van der Waals surface area contributed by atoms with Crippen LogP contribution in [-0.2, 0) is 0 Å². The van der Waals surface area contributed by atoms with E-state index in [0.717, 1.165) is 54.8 Å². The van der Waals surface area contributed by atoms with Gasteiger partial charge in [0.15, 0.2) is 0 Å². The molecule has 0 amide bonds. The number of benzene rings is 2. The molecular weight excluding hydrogens is 677 g/mol. The molecule has 0 unspecified atom stereocenters. The summed E-state index contributed by atoms with van der Waals surface area (Å²) < 4.78 is 1.07. The highest BCUT2D eigenvalue weighted by atomic mass is 79.9. The smallest absolute Gasteiger partial charge is 0.129 e. The van der Waals surface area contributed by atoms with Crippen molar-refractivity contribution in [3.63, 3.8) is 0 Å². The van der Waals surface area contributed by atoms with E-state index in [4.69, 9.17) is 6.42 Å². The normalized spacial score (nSPS) is 10.7. The lowest BCUT2D eigenvalue weighted by molar-refractivity contribution is 1.10. The molecule has 4 aromatic heterocycles. The summed E-state index contributed by atoms with van der Waals surface area (Å²) in [6, 6.07) is 24.4. The molecule has 0 bridgehead atoms. The van der Waals surface area contributed by atoms with Crippen LogP contribution in [0, 0.1) is 23.4 Å². The molecule has 0 saturated heterocycles. The Bertz CT molecular complexity index is 1950. The Labute approximate surface area is 288 Å². The van der Waals surface area contributed by atoms with Gasteiger partial charge in [-0.2, -0.15) is 10.2 Å². The molecular formula is C38H39BrN6Si2. The predicted octanol–water partition coefficient (Wildman–Crippen LogP) is 9.77. The van der Waals surface area contributed by atoms with Crippen molar-refractivity contribution in [3.05, 3.63) is 120 Å². The van der Waals surface area contributed by atoms with Gasteiger partial charge in [0, 0.05) is 57.1 Å². The van der Waals surface area contributed by atoms with Crippen molar-refractivity contribution in [1.29, 1.82) is 0 Å². The fourth-order valence-corrected chi connectivity index (χ4v) is 4.89. The van der Waals surface area contributed by atoms with Crippen molar-refractivity contribution in [2.45, 2.75) is 39.3 Å². The predicted molar refractivity (Wildman–Crippen MR) is 205 cm³/mol. The van der Waals surface area contributed by atoms with Crippen molar-refractivity contribution in [2.75, 3.05) is 0 Å². The molecule has 47 heavy (non-hydrogen) atoms. The molecule has 4 heterocycles. The Morgan fingerprint density at radius 1 is 0.574 bits per heavy atom. The van der Waals surface area contributed by atoms with E-state index < -0.39 is 16.1 Å². The van der Waals surface area contributed by atoms with Crippen LogP contribution in [0.4, 0.5) is 0 Å². The lowest BCUT2D eigenvalue weighted by atomic mass is 10.0. The number of aromatic nitrogens is 6. The third-order valence-corrected chi connectivity index (χ3v) is 8.85. The van der Waals surface area contributed by atoms with E-state index in [9.17, 15) is 0 Å². The van der Waals surface area contributed by atoms with Gasteiger partial charge in [0.05, 0.1) is 23.8 Å². The lowest BCUT2D eigenvalue weighted by Crippen LogP contribution is -2.16. The van der Waals surface area contributed by atoms with E-state index in [1.807, 2.05) is 48.8 Å². The molecule has 0 aliphatic heterocycles. The number of nitrogens with one attached hydrogen (secondary N) is 2. The van der Waals surface area contributed by atoms with E-state index in [0.29, 0.717) is 0 Å². The summed E-state index contributed by atoms with van der Waals surface area (Å²) in [4.78, 5) is 8.10. The summed E-state index contributed by atoms with van der Waals surface area (Å²) in [5.74, 6) is 3.28. The standard InChI is InChI=1S/C19H19N3Si.C14H10BrN3.C5H10Si/c1-23(2,3)13-10-15-4-6-17(7-5-15)19-18(14-21-22-19)16-8-11-20-12-9-16;15-12-3-1-11(2-4-12)14-13(9-17-18-14)10-5-7-16-8-6-10;1-5-6(2,3)4/h4-9,11-12,14H,1-3H3,(H,21,22);1-9H,(H,17,18);1H,2-4H3. The van der Waals surface area contributed by atoms with Gasteiger partial charge in [0.25, 0.3) is 0 Å². The molecule has 0 spiro atoms. The van der Waals surface area contributed by atoms with Gasteiger partial charge in [0.2, 0.25) is 0 Å². The van der Waals surface area contributed by atoms with Crippen LogP contribution in [0.15, 0.2) is 114 Å². The second kappa shape index (κ2) is 16.1. The average molecular weight is 716 g/mol. The maximum atomic E-state index is 5.12. The second-order valence-corrected chi connectivity index (χ2v) is 23.2. The van der Waals surface area contributed by atoms with Crippen LogP contribution >= 0.6 is 15.9 Å². The molecule has 2 N–H and O–H groups in total. The third kappa shape index (κ3) is 10.9. The van der Waals surface area contributed by atoms with Crippen LogP contribution in [0.25, 0.3) is 44.8 Å². The summed E-state index contributed by atoms with van der Waals surface area (Å²) in [6.07, 6.45) is 16.0. The van der Waals surface area contributed by atoms with Gasteiger partial charge >= 0.3 is 0 Å². The number of hydrogen-bond acceptors (Lipinski definition) is 4. The zero-order chi connectivity index (χ0) is 33.9.